The Bertz CT molecular complexity index is 739. The Kier molecular flexibility index (Phi) is 4.65. The minimum Gasteiger partial charge on any atom is -0.495 e. The number of para-hydroxylation sites is 2. The quantitative estimate of drug-likeness (QED) is 0.834. The predicted octanol–water partition coefficient (Wildman–Crippen LogP) is 3.22. The van der Waals surface area contributed by atoms with Crippen molar-refractivity contribution in [3.8, 4) is 5.75 Å². The van der Waals surface area contributed by atoms with Gasteiger partial charge in [0.2, 0.25) is 0 Å². The fraction of sp³-hybridized carbons (Fsp3) is 0.125. The molecule has 0 radical (unpaired) electrons. The molecule has 5 heteroatoms. The van der Waals surface area contributed by atoms with E-state index in [0.717, 1.165) is 5.56 Å². The van der Waals surface area contributed by atoms with Crippen LogP contribution in [0.3, 0.4) is 0 Å². The maximum absolute atomic E-state index is 12.5. The molecule has 0 aliphatic carbocycles. The molecule has 0 fully saturated rings. The highest BCUT2D eigenvalue weighted by molar-refractivity contribution is 7.92. The van der Waals surface area contributed by atoms with Gasteiger partial charge in [0.05, 0.1) is 12.8 Å². The average molecular weight is 303 g/mol. The van der Waals surface area contributed by atoms with E-state index in [1.54, 1.807) is 36.4 Å². The van der Waals surface area contributed by atoms with Crippen LogP contribution in [0.2, 0.25) is 0 Å². The first-order valence-electron chi connectivity index (χ1n) is 6.43. The summed E-state index contributed by atoms with van der Waals surface area (Å²) in [5.74, 6) is 0.311. The molecule has 0 aliphatic heterocycles. The lowest BCUT2D eigenvalue weighted by molar-refractivity contribution is 0.403. The number of hydrogen-bond acceptors (Lipinski definition) is 3. The van der Waals surface area contributed by atoms with Gasteiger partial charge in [0.15, 0.2) is 0 Å². The van der Waals surface area contributed by atoms with Gasteiger partial charge in [0, 0.05) is 0 Å². The van der Waals surface area contributed by atoms with Crippen LogP contribution in [-0.4, -0.2) is 15.5 Å². The Balaban J connectivity index is 2.40. The van der Waals surface area contributed by atoms with E-state index < -0.39 is 10.0 Å². The number of benzene rings is 2. The van der Waals surface area contributed by atoms with Gasteiger partial charge in [-0.15, -0.1) is 6.58 Å². The van der Waals surface area contributed by atoms with E-state index in [-0.39, 0.29) is 4.90 Å². The van der Waals surface area contributed by atoms with E-state index in [1.807, 2.05) is 12.1 Å². The highest BCUT2D eigenvalue weighted by atomic mass is 32.2. The van der Waals surface area contributed by atoms with Crippen LogP contribution < -0.4 is 9.46 Å². The minimum atomic E-state index is -3.71. The Morgan fingerprint density at radius 1 is 1.14 bits per heavy atom. The van der Waals surface area contributed by atoms with Crippen LogP contribution in [0.25, 0.3) is 0 Å². The molecule has 110 valence electrons. The fourth-order valence-corrected chi connectivity index (χ4v) is 3.27. The molecule has 0 saturated carbocycles. The van der Waals surface area contributed by atoms with Gasteiger partial charge in [0.1, 0.15) is 10.6 Å². The lowest BCUT2D eigenvalue weighted by atomic mass is 10.1. The summed E-state index contributed by atoms with van der Waals surface area (Å²) >= 11 is 0. The zero-order valence-electron chi connectivity index (χ0n) is 11.7. The number of anilines is 1. The van der Waals surface area contributed by atoms with Crippen LogP contribution in [0.1, 0.15) is 5.56 Å². The summed E-state index contributed by atoms with van der Waals surface area (Å²) in [4.78, 5) is 0.112. The van der Waals surface area contributed by atoms with Crippen LogP contribution in [0.5, 0.6) is 5.75 Å². The van der Waals surface area contributed by atoms with Crippen molar-refractivity contribution in [2.24, 2.45) is 0 Å². The number of ether oxygens (including phenoxy) is 1. The molecule has 0 atom stereocenters. The third-order valence-corrected chi connectivity index (χ3v) is 4.39. The molecule has 21 heavy (non-hydrogen) atoms. The first kappa shape index (κ1) is 15.1. The number of sulfonamides is 1. The van der Waals surface area contributed by atoms with Crippen molar-refractivity contribution in [2.45, 2.75) is 11.3 Å². The van der Waals surface area contributed by atoms with Crippen molar-refractivity contribution in [1.82, 2.24) is 0 Å². The predicted molar refractivity (Wildman–Crippen MR) is 84.1 cm³/mol. The lowest BCUT2D eigenvalue weighted by Gasteiger charge is -2.13. The maximum atomic E-state index is 12.5. The van der Waals surface area contributed by atoms with Gasteiger partial charge >= 0.3 is 0 Å². The molecule has 2 rings (SSSR count). The van der Waals surface area contributed by atoms with E-state index in [2.05, 4.69) is 11.3 Å². The Morgan fingerprint density at radius 3 is 2.52 bits per heavy atom. The summed E-state index contributed by atoms with van der Waals surface area (Å²) in [7, 11) is -2.26. The molecule has 0 aliphatic rings. The van der Waals surface area contributed by atoms with Gasteiger partial charge in [-0.05, 0) is 30.2 Å². The average Bonchev–Trinajstić information content (AvgIpc) is 2.49. The van der Waals surface area contributed by atoms with E-state index >= 15 is 0 Å². The number of allylic oxidation sites excluding steroid dienone is 1. The molecule has 4 nitrogen and oxygen atoms in total. The fourth-order valence-electron chi connectivity index (χ4n) is 1.99. The number of methoxy groups -OCH3 is 1. The standard InChI is InChI=1S/C16H17NO3S/c1-3-8-13-9-4-5-10-14(13)17-21(18,19)16-12-7-6-11-15(16)20-2/h3-7,9-12,17H,1,8H2,2H3. The number of nitrogens with one attached hydrogen (secondary N) is 1. The van der Waals surface area contributed by atoms with Gasteiger partial charge in [-0.1, -0.05) is 36.4 Å². The van der Waals surface area contributed by atoms with E-state index in [9.17, 15) is 8.42 Å². The second kappa shape index (κ2) is 6.45. The third-order valence-electron chi connectivity index (χ3n) is 2.98. The molecular formula is C16H17NO3S. The second-order valence-corrected chi connectivity index (χ2v) is 6.06. The summed E-state index contributed by atoms with van der Waals surface area (Å²) < 4.78 is 32.8. The van der Waals surface area contributed by atoms with Crippen molar-refractivity contribution in [1.29, 1.82) is 0 Å². The Morgan fingerprint density at radius 2 is 1.81 bits per heavy atom. The van der Waals surface area contributed by atoms with Crippen molar-refractivity contribution in [3.63, 3.8) is 0 Å². The molecule has 0 unspecified atom stereocenters. The normalized spacial score (nSPS) is 10.9. The summed E-state index contributed by atoms with van der Waals surface area (Å²) in [5.41, 5.74) is 1.41. The first-order chi connectivity index (χ1) is 10.1. The molecule has 1 N–H and O–H groups in total. The first-order valence-corrected chi connectivity index (χ1v) is 7.91. The summed E-state index contributed by atoms with van der Waals surface area (Å²) in [5, 5.41) is 0. The van der Waals surface area contributed by atoms with Gasteiger partial charge in [-0.3, -0.25) is 4.72 Å². The highest BCUT2D eigenvalue weighted by Gasteiger charge is 2.19. The Labute approximate surface area is 125 Å². The topological polar surface area (TPSA) is 55.4 Å². The SMILES string of the molecule is C=CCc1ccccc1NS(=O)(=O)c1ccccc1OC. The zero-order valence-corrected chi connectivity index (χ0v) is 12.6. The summed E-state index contributed by atoms with van der Waals surface area (Å²) in [6.07, 6.45) is 2.32. The molecule has 0 heterocycles. The minimum absolute atomic E-state index is 0.112. The summed E-state index contributed by atoms with van der Waals surface area (Å²) in [6.45, 7) is 3.68. The highest BCUT2D eigenvalue weighted by Crippen LogP contribution is 2.26. The lowest BCUT2D eigenvalue weighted by Crippen LogP contribution is -2.15. The van der Waals surface area contributed by atoms with Crippen molar-refractivity contribution < 1.29 is 13.2 Å². The molecule has 0 saturated heterocycles. The van der Waals surface area contributed by atoms with Gasteiger partial charge in [-0.2, -0.15) is 0 Å². The largest absolute Gasteiger partial charge is 0.495 e. The molecule has 0 spiro atoms. The van der Waals surface area contributed by atoms with Crippen molar-refractivity contribution in [2.75, 3.05) is 11.8 Å². The smallest absolute Gasteiger partial charge is 0.265 e. The number of hydrogen-bond donors (Lipinski definition) is 1. The maximum Gasteiger partial charge on any atom is 0.265 e. The molecule has 0 aromatic heterocycles. The summed E-state index contributed by atoms with van der Waals surface area (Å²) in [6, 6.07) is 13.7. The molecule has 0 bridgehead atoms. The molecular weight excluding hydrogens is 286 g/mol. The third kappa shape index (κ3) is 3.44. The van der Waals surface area contributed by atoms with Crippen LogP contribution in [-0.2, 0) is 16.4 Å². The zero-order chi connectivity index (χ0) is 15.3. The van der Waals surface area contributed by atoms with E-state index in [0.29, 0.717) is 17.9 Å². The van der Waals surface area contributed by atoms with Crippen LogP contribution in [0.15, 0.2) is 66.1 Å². The molecule has 2 aromatic rings. The Hall–Kier alpha value is -2.27. The van der Waals surface area contributed by atoms with Crippen LogP contribution in [0, 0.1) is 0 Å². The van der Waals surface area contributed by atoms with Gasteiger partial charge < -0.3 is 4.74 Å². The van der Waals surface area contributed by atoms with Crippen LogP contribution >= 0.6 is 0 Å². The van der Waals surface area contributed by atoms with E-state index in [4.69, 9.17) is 4.74 Å². The van der Waals surface area contributed by atoms with Gasteiger partial charge in [-0.25, -0.2) is 8.42 Å². The number of rotatable bonds is 6. The van der Waals surface area contributed by atoms with Gasteiger partial charge in [0.25, 0.3) is 10.0 Å². The van der Waals surface area contributed by atoms with Crippen molar-refractivity contribution >= 4 is 15.7 Å². The molecule has 2 aromatic carbocycles. The van der Waals surface area contributed by atoms with Crippen LogP contribution in [0.4, 0.5) is 5.69 Å². The van der Waals surface area contributed by atoms with Crippen molar-refractivity contribution in [3.05, 3.63) is 66.7 Å². The second-order valence-electron chi connectivity index (χ2n) is 4.41. The monoisotopic (exact) mass is 303 g/mol. The molecule has 0 amide bonds. The van der Waals surface area contributed by atoms with E-state index in [1.165, 1.54) is 13.2 Å².